The molecule has 1 atom stereocenters. The summed E-state index contributed by atoms with van der Waals surface area (Å²) in [4.78, 5) is 23.9. The van der Waals surface area contributed by atoms with Crippen molar-refractivity contribution in [1.82, 2.24) is 5.32 Å². The number of amides is 1. The van der Waals surface area contributed by atoms with Gasteiger partial charge in [-0.1, -0.05) is 18.2 Å². The number of hydrogen-bond acceptors (Lipinski definition) is 6. The highest BCUT2D eigenvalue weighted by Gasteiger charge is 2.14. The molecule has 1 heterocycles. The predicted molar refractivity (Wildman–Crippen MR) is 89.0 cm³/mol. The lowest BCUT2D eigenvalue weighted by Crippen LogP contribution is -2.31. The molecule has 0 aliphatic heterocycles. The average molecular weight is 368 g/mol. The molecule has 2 rings (SSSR count). The molecule has 1 aromatic carbocycles. The van der Waals surface area contributed by atoms with Crippen molar-refractivity contribution in [2.24, 2.45) is 5.14 Å². The van der Waals surface area contributed by atoms with Crippen LogP contribution in [0.25, 0.3) is 0 Å². The number of hydrogen-bond donors (Lipinski definition) is 2. The number of benzene rings is 1. The van der Waals surface area contributed by atoms with Crippen LogP contribution in [0.15, 0.2) is 46.7 Å². The third-order valence-electron chi connectivity index (χ3n) is 3.14. The molecule has 0 aliphatic carbocycles. The summed E-state index contributed by atoms with van der Waals surface area (Å²) in [6, 6.07) is 8.79. The van der Waals surface area contributed by atoms with Crippen LogP contribution in [0.1, 0.15) is 28.2 Å². The van der Waals surface area contributed by atoms with Gasteiger partial charge in [0.2, 0.25) is 10.0 Å². The molecule has 0 fully saturated rings. The van der Waals surface area contributed by atoms with Crippen molar-refractivity contribution >= 4 is 33.2 Å². The normalized spacial score (nSPS) is 12.4. The molecule has 9 heteroatoms. The van der Waals surface area contributed by atoms with Gasteiger partial charge >= 0.3 is 5.97 Å². The lowest BCUT2D eigenvalue weighted by Gasteiger charge is -2.14. The molecule has 0 spiro atoms. The van der Waals surface area contributed by atoms with E-state index in [1.165, 1.54) is 23.5 Å². The van der Waals surface area contributed by atoms with Gasteiger partial charge in [-0.3, -0.25) is 4.79 Å². The van der Waals surface area contributed by atoms with E-state index in [0.29, 0.717) is 10.4 Å². The van der Waals surface area contributed by atoms with Crippen molar-refractivity contribution in [2.45, 2.75) is 17.9 Å². The van der Waals surface area contributed by atoms with Crippen molar-refractivity contribution in [3.05, 3.63) is 52.2 Å². The van der Waals surface area contributed by atoms with Gasteiger partial charge in [0.25, 0.3) is 5.91 Å². The zero-order chi connectivity index (χ0) is 17.7. The second kappa shape index (κ2) is 7.56. The number of sulfonamides is 1. The molecule has 3 N–H and O–H groups in total. The minimum Gasteiger partial charge on any atom is -0.451 e. The van der Waals surface area contributed by atoms with Crippen LogP contribution >= 0.6 is 11.3 Å². The van der Waals surface area contributed by atoms with Gasteiger partial charge in [0.1, 0.15) is 4.88 Å². The number of thiophene rings is 1. The summed E-state index contributed by atoms with van der Waals surface area (Å²) < 4.78 is 27.3. The highest BCUT2D eigenvalue weighted by atomic mass is 32.2. The quantitative estimate of drug-likeness (QED) is 0.748. The Morgan fingerprint density at radius 3 is 2.46 bits per heavy atom. The van der Waals surface area contributed by atoms with Gasteiger partial charge in [-0.25, -0.2) is 18.4 Å². The minimum absolute atomic E-state index is 0.00495. The SMILES string of the molecule is C[C@@H](NC(=O)COC(=O)c1cccs1)c1ccc(S(N)(=O)=O)cc1. The summed E-state index contributed by atoms with van der Waals surface area (Å²) in [5.41, 5.74) is 0.695. The van der Waals surface area contributed by atoms with Gasteiger partial charge in [-0.2, -0.15) is 0 Å². The van der Waals surface area contributed by atoms with E-state index in [0.717, 1.165) is 0 Å². The highest BCUT2D eigenvalue weighted by Crippen LogP contribution is 2.15. The molecular formula is C15H16N2O5S2. The summed E-state index contributed by atoms with van der Waals surface area (Å²) in [5.74, 6) is -1.01. The van der Waals surface area contributed by atoms with Crippen LogP contribution in [0.5, 0.6) is 0 Å². The molecule has 128 valence electrons. The smallest absolute Gasteiger partial charge is 0.348 e. The maximum absolute atomic E-state index is 11.8. The summed E-state index contributed by atoms with van der Waals surface area (Å²) in [6.45, 7) is 1.33. The fourth-order valence-electron chi connectivity index (χ4n) is 1.91. The molecule has 1 amide bonds. The second-order valence-electron chi connectivity index (χ2n) is 4.96. The number of nitrogens with one attached hydrogen (secondary N) is 1. The molecule has 2 aromatic rings. The Hall–Kier alpha value is -2.23. The van der Waals surface area contributed by atoms with E-state index in [4.69, 9.17) is 9.88 Å². The van der Waals surface area contributed by atoms with Gasteiger partial charge < -0.3 is 10.1 Å². The Balaban J connectivity index is 1.88. The standard InChI is InChI=1S/C15H16N2O5S2/c1-10(11-4-6-12(7-5-11)24(16,20)21)17-14(18)9-22-15(19)13-3-2-8-23-13/h2-8,10H,9H2,1H3,(H,17,18)(H2,16,20,21)/t10-/m1/s1. The van der Waals surface area contributed by atoms with E-state index in [9.17, 15) is 18.0 Å². The van der Waals surface area contributed by atoms with Crippen LogP contribution in [0.2, 0.25) is 0 Å². The van der Waals surface area contributed by atoms with E-state index >= 15 is 0 Å². The first kappa shape index (κ1) is 18.1. The molecule has 0 bridgehead atoms. The van der Waals surface area contributed by atoms with Crippen molar-refractivity contribution < 1.29 is 22.7 Å². The second-order valence-corrected chi connectivity index (χ2v) is 7.47. The monoisotopic (exact) mass is 368 g/mol. The number of ether oxygens (including phenoxy) is 1. The molecule has 0 radical (unpaired) electrons. The lowest BCUT2D eigenvalue weighted by atomic mass is 10.1. The maximum atomic E-state index is 11.8. The first-order chi connectivity index (χ1) is 11.3. The van der Waals surface area contributed by atoms with Crippen LogP contribution in [0.3, 0.4) is 0 Å². The van der Waals surface area contributed by atoms with Crippen LogP contribution in [-0.2, 0) is 19.6 Å². The Bertz CT molecular complexity index is 814. The molecule has 0 aliphatic rings. The fraction of sp³-hybridized carbons (Fsp3) is 0.200. The molecule has 0 saturated carbocycles. The summed E-state index contributed by atoms with van der Waals surface area (Å²) >= 11 is 1.23. The Morgan fingerprint density at radius 2 is 1.92 bits per heavy atom. The number of carbonyl (C=O) groups excluding carboxylic acids is 2. The Kier molecular flexibility index (Phi) is 5.71. The van der Waals surface area contributed by atoms with Crippen molar-refractivity contribution in [1.29, 1.82) is 0 Å². The zero-order valence-electron chi connectivity index (χ0n) is 12.8. The first-order valence-corrected chi connectivity index (χ1v) is 9.32. The molecular weight excluding hydrogens is 352 g/mol. The molecule has 0 saturated heterocycles. The molecule has 1 aromatic heterocycles. The van der Waals surface area contributed by atoms with Gasteiger partial charge in [0, 0.05) is 0 Å². The molecule has 7 nitrogen and oxygen atoms in total. The van der Waals surface area contributed by atoms with Gasteiger partial charge in [-0.05, 0) is 36.1 Å². The predicted octanol–water partition coefficient (Wildman–Crippen LogP) is 1.43. The fourth-order valence-corrected chi connectivity index (χ4v) is 3.04. The van der Waals surface area contributed by atoms with Crippen molar-refractivity contribution in [2.75, 3.05) is 6.61 Å². The van der Waals surface area contributed by atoms with Crippen LogP contribution in [0, 0.1) is 0 Å². The van der Waals surface area contributed by atoms with Gasteiger partial charge in [-0.15, -0.1) is 11.3 Å². The van der Waals surface area contributed by atoms with E-state index < -0.39 is 28.5 Å². The summed E-state index contributed by atoms with van der Waals surface area (Å²) in [7, 11) is -3.75. The number of rotatable bonds is 6. The maximum Gasteiger partial charge on any atom is 0.348 e. The van der Waals surface area contributed by atoms with E-state index in [2.05, 4.69) is 5.32 Å². The van der Waals surface area contributed by atoms with E-state index in [1.54, 1.807) is 36.6 Å². The third kappa shape index (κ3) is 4.88. The van der Waals surface area contributed by atoms with Crippen LogP contribution < -0.4 is 10.5 Å². The van der Waals surface area contributed by atoms with Crippen LogP contribution in [-0.4, -0.2) is 26.9 Å². The molecule has 24 heavy (non-hydrogen) atoms. The Labute approximate surface area is 143 Å². The van der Waals surface area contributed by atoms with Gasteiger partial charge in [0.05, 0.1) is 10.9 Å². The largest absolute Gasteiger partial charge is 0.451 e. The average Bonchev–Trinajstić information content (AvgIpc) is 3.06. The number of primary sulfonamides is 1. The third-order valence-corrected chi connectivity index (χ3v) is 4.92. The van der Waals surface area contributed by atoms with Crippen LogP contribution in [0.4, 0.5) is 0 Å². The molecule has 0 unspecified atom stereocenters. The highest BCUT2D eigenvalue weighted by molar-refractivity contribution is 7.89. The van der Waals surface area contributed by atoms with E-state index in [-0.39, 0.29) is 10.9 Å². The number of carbonyl (C=O) groups is 2. The topological polar surface area (TPSA) is 116 Å². The van der Waals surface area contributed by atoms with Gasteiger partial charge in [0.15, 0.2) is 6.61 Å². The number of nitrogens with two attached hydrogens (primary N) is 1. The summed E-state index contributed by atoms with van der Waals surface area (Å²) in [6.07, 6.45) is 0. The first-order valence-electron chi connectivity index (χ1n) is 6.90. The lowest BCUT2D eigenvalue weighted by molar-refractivity contribution is -0.124. The van der Waals surface area contributed by atoms with Crippen molar-refractivity contribution in [3.8, 4) is 0 Å². The summed E-state index contributed by atoms with van der Waals surface area (Å²) in [5, 5.41) is 9.43. The Morgan fingerprint density at radius 1 is 1.25 bits per heavy atom. The van der Waals surface area contributed by atoms with E-state index in [1.807, 2.05) is 0 Å². The number of esters is 1. The van der Waals surface area contributed by atoms with Crippen molar-refractivity contribution in [3.63, 3.8) is 0 Å². The minimum atomic E-state index is -3.75. The zero-order valence-corrected chi connectivity index (χ0v) is 14.4.